The van der Waals surface area contributed by atoms with Gasteiger partial charge in [-0.05, 0) is 37.3 Å². The Bertz CT molecular complexity index is 931. The minimum Gasteiger partial charge on any atom is -0.465 e. The maximum atomic E-state index is 12.2. The third kappa shape index (κ3) is 3.42. The van der Waals surface area contributed by atoms with E-state index in [0.717, 1.165) is 4.85 Å². The fourth-order valence-electron chi connectivity index (χ4n) is 2.07. The van der Waals surface area contributed by atoms with E-state index >= 15 is 0 Å². The summed E-state index contributed by atoms with van der Waals surface area (Å²) in [5.41, 5.74) is 1.25. The minimum absolute atomic E-state index is 0.286. The summed E-state index contributed by atoms with van der Waals surface area (Å²) in [4.78, 5) is 30.4. The number of methoxy groups -OCH3 is 1. The Morgan fingerprint density at radius 2 is 2.12 bits per heavy atom. The molecule has 0 aliphatic heterocycles. The Morgan fingerprint density at radius 3 is 2.80 bits per heavy atom. The SMILES string of the molecule is COC(=O)c1ccc2nnn(OC(C)C(=O)Nc3cc(C)on3)c2c1. The van der Waals surface area contributed by atoms with Gasteiger partial charge in [0, 0.05) is 6.07 Å². The molecular weight excluding hydrogens is 330 g/mol. The lowest BCUT2D eigenvalue weighted by Crippen LogP contribution is -2.35. The average Bonchev–Trinajstić information content (AvgIpc) is 3.19. The smallest absolute Gasteiger partial charge is 0.337 e. The van der Waals surface area contributed by atoms with Gasteiger partial charge in [0.05, 0.1) is 12.7 Å². The molecule has 1 aromatic carbocycles. The van der Waals surface area contributed by atoms with Crippen molar-refractivity contribution in [2.75, 3.05) is 12.4 Å². The first-order valence-electron chi connectivity index (χ1n) is 7.33. The van der Waals surface area contributed by atoms with Crippen molar-refractivity contribution >= 4 is 28.7 Å². The molecule has 10 heteroatoms. The molecule has 0 bridgehead atoms. The van der Waals surface area contributed by atoms with Crippen LogP contribution in [0.5, 0.6) is 0 Å². The van der Waals surface area contributed by atoms with Gasteiger partial charge in [-0.25, -0.2) is 4.79 Å². The zero-order valence-corrected chi connectivity index (χ0v) is 13.7. The van der Waals surface area contributed by atoms with Crippen LogP contribution in [0.3, 0.4) is 0 Å². The number of benzene rings is 1. The van der Waals surface area contributed by atoms with Gasteiger partial charge >= 0.3 is 5.97 Å². The van der Waals surface area contributed by atoms with Crippen molar-refractivity contribution in [1.29, 1.82) is 0 Å². The van der Waals surface area contributed by atoms with Crippen LogP contribution in [0.1, 0.15) is 23.0 Å². The number of nitrogens with one attached hydrogen (secondary N) is 1. The number of aromatic nitrogens is 4. The standard InChI is InChI=1S/C15H15N5O5/c1-8-6-13(18-24-8)16-14(21)9(2)25-20-12-7-10(15(22)23-3)4-5-11(12)17-19-20/h4-7,9H,1-3H3,(H,16,18,21). The summed E-state index contributed by atoms with van der Waals surface area (Å²) in [6, 6.07) is 6.28. The molecule has 0 saturated carbocycles. The van der Waals surface area contributed by atoms with E-state index in [1.165, 1.54) is 13.2 Å². The Balaban J connectivity index is 1.77. The van der Waals surface area contributed by atoms with Crippen LogP contribution in [0.25, 0.3) is 11.0 Å². The molecule has 3 rings (SSSR count). The van der Waals surface area contributed by atoms with Crippen LogP contribution in [0.4, 0.5) is 5.82 Å². The van der Waals surface area contributed by atoms with Gasteiger partial charge in [-0.2, -0.15) is 0 Å². The molecule has 1 unspecified atom stereocenters. The summed E-state index contributed by atoms with van der Waals surface area (Å²) in [5.74, 6) is -0.0845. The summed E-state index contributed by atoms with van der Waals surface area (Å²) >= 11 is 0. The molecule has 1 atom stereocenters. The van der Waals surface area contributed by atoms with Crippen molar-refractivity contribution in [2.24, 2.45) is 0 Å². The molecule has 3 aromatic rings. The second-order valence-corrected chi connectivity index (χ2v) is 5.22. The number of nitrogens with zero attached hydrogens (tertiary/aromatic N) is 4. The van der Waals surface area contributed by atoms with Gasteiger partial charge in [0.2, 0.25) is 6.10 Å². The van der Waals surface area contributed by atoms with Gasteiger partial charge in [0.15, 0.2) is 5.82 Å². The maximum absolute atomic E-state index is 12.2. The summed E-state index contributed by atoms with van der Waals surface area (Å²) < 4.78 is 9.56. The minimum atomic E-state index is -0.899. The van der Waals surface area contributed by atoms with Gasteiger partial charge in [0.25, 0.3) is 5.91 Å². The number of esters is 1. The highest BCUT2D eigenvalue weighted by Gasteiger charge is 2.19. The number of anilines is 1. The fraction of sp³-hybridized carbons (Fsp3) is 0.267. The zero-order chi connectivity index (χ0) is 18.0. The Hall–Kier alpha value is -3.43. The lowest BCUT2D eigenvalue weighted by atomic mass is 10.2. The van der Waals surface area contributed by atoms with Crippen molar-refractivity contribution in [3.05, 3.63) is 35.6 Å². The van der Waals surface area contributed by atoms with Gasteiger partial charge in [-0.15, -0.1) is 5.10 Å². The molecule has 130 valence electrons. The van der Waals surface area contributed by atoms with Crippen LogP contribution in [-0.2, 0) is 9.53 Å². The molecule has 0 spiro atoms. The number of rotatable bonds is 5. The van der Waals surface area contributed by atoms with Crippen LogP contribution in [0.15, 0.2) is 28.8 Å². The van der Waals surface area contributed by atoms with E-state index in [0.29, 0.717) is 22.4 Å². The van der Waals surface area contributed by atoms with Gasteiger partial charge in [-0.3, -0.25) is 4.79 Å². The monoisotopic (exact) mass is 345 g/mol. The van der Waals surface area contributed by atoms with Gasteiger partial charge in [-0.1, -0.05) is 10.0 Å². The Labute approximate surface area is 141 Å². The van der Waals surface area contributed by atoms with Crippen molar-refractivity contribution in [2.45, 2.75) is 20.0 Å². The quantitative estimate of drug-likeness (QED) is 0.679. The molecule has 25 heavy (non-hydrogen) atoms. The molecule has 0 aliphatic rings. The second-order valence-electron chi connectivity index (χ2n) is 5.22. The van der Waals surface area contributed by atoms with Gasteiger partial charge in [0.1, 0.15) is 16.8 Å². The van der Waals surface area contributed by atoms with E-state index in [9.17, 15) is 9.59 Å². The lowest BCUT2D eigenvalue weighted by molar-refractivity contribution is -0.127. The highest BCUT2D eigenvalue weighted by Crippen LogP contribution is 2.14. The summed E-state index contributed by atoms with van der Waals surface area (Å²) in [5, 5.41) is 14.0. The first kappa shape index (κ1) is 16.4. The van der Waals surface area contributed by atoms with Crippen LogP contribution in [0, 0.1) is 6.92 Å². The predicted octanol–water partition coefficient (Wildman–Crippen LogP) is 0.970. The molecule has 1 N–H and O–H groups in total. The summed E-state index contributed by atoms with van der Waals surface area (Å²) in [6.07, 6.45) is -0.899. The number of carbonyl (C=O) groups is 2. The van der Waals surface area contributed by atoms with Crippen molar-refractivity contribution < 1.29 is 23.7 Å². The third-order valence-corrected chi connectivity index (χ3v) is 3.34. The van der Waals surface area contributed by atoms with Crippen molar-refractivity contribution in [3.63, 3.8) is 0 Å². The molecule has 1 amide bonds. The number of hydrogen-bond donors (Lipinski definition) is 1. The Kier molecular flexibility index (Phi) is 4.33. The number of hydrogen-bond acceptors (Lipinski definition) is 8. The van der Waals surface area contributed by atoms with Crippen LogP contribution < -0.4 is 10.2 Å². The first-order chi connectivity index (χ1) is 12.0. The van der Waals surface area contributed by atoms with E-state index in [4.69, 9.17) is 9.36 Å². The topological polar surface area (TPSA) is 121 Å². The normalized spacial score (nSPS) is 12.0. The molecular formula is C15H15N5O5. The van der Waals surface area contributed by atoms with Crippen molar-refractivity contribution in [1.82, 2.24) is 20.3 Å². The largest absolute Gasteiger partial charge is 0.465 e. The number of aryl methyl sites for hydroxylation is 1. The average molecular weight is 345 g/mol. The van der Waals surface area contributed by atoms with E-state index < -0.39 is 18.0 Å². The zero-order valence-electron chi connectivity index (χ0n) is 13.7. The number of carbonyl (C=O) groups excluding carboxylic acids is 2. The molecule has 2 heterocycles. The summed E-state index contributed by atoms with van der Waals surface area (Å²) in [7, 11) is 1.29. The van der Waals surface area contributed by atoms with Gasteiger partial charge < -0.3 is 19.4 Å². The molecule has 10 nitrogen and oxygen atoms in total. The molecule has 0 aliphatic carbocycles. The van der Waals surface area contributed by atoms with Crippen LogP contribution >= 0.6 is 0 Å². The summed E-state index contributed by atoms with van der Waals surface area (Å²) in [6.45, 7) is 3.25. The van der Waals surface area contributed by atoms with Crippen LogP contribution in [-0.4, -0.2) is 45.4 Å². The maximum Gasteiger partial charge on any atom is 0.337 e. The van der Waals surface area contributed by atoms with E-state index in [1.807, 2.05) is 0 Å². The molecule has 2 aromatic heterocycles. The highest BCUT2D eigenvalue weighted by atomic mass is 16.7. The highest BCUT2D eigenvalue weighted by molar-refractivity contribution is 5.94. The molecule has 0 fully saturated rings. The number of fused-ring (bicyclic) bond motifs is 1. The predicted molar refractivity (Wildman–Crippen MR) is 84.8 cm³/mol. The number of amides is 1. The third-order valence-electron chi connectivity index (χ3n) is 3.34. The second kappa shape index (κ2) is 6.59. The van der Waals surface area contributed by atoms with Crippen LogP contribution in [0.2, 0.25) is 0 Å². The molecule has 0 saturated heterocycles. The van der Waals surface area contributed by atoms with E-state index in [1.54, 1.807) is 32.0 Å². The lowest BCUT2D eigenvalue weighted by Gasteiger charge is -2.12. The fourth-order valence-corrected chi connectivity index (χ4v) is 2.07. The number of ether oxygens (including phenoxy) is 1. The van der Waals surface area contributed by atoms with Crippen molar-refractivity contribution in [3.8, 4) is 0 Å². The van der Waals surface area contributed by atoms with E-state index in [2.05, 4.69) is 25.5 Å². The first-order valence-corrected chi connectivity index (χ1v) is 7.33. The Morgan fingerprint density at radius 1 is 1.32 bits per heavy atom. The molecule has 0 radical (unpaired) electrons. The van der Waals surface area contributed by atoms with E-state index in [-0.39, 0.29) is 5.82 Å².